The minimum absolute atomic E-state index is 0.109. The van der Waals surface area contributed by atoms with E-state index in [4.69, 9.17) is 0 Å². The molecule has 0 aromatic heterocycles. The molecule has 0 aliphatic carbocycles. The first-order valence-electron chi connectivity index (χ1n) is 9.23. The third-order valence-corrected chi connectivity index (χ3v) is 6.24. The van der Waals surface area contributed by atoms with Crippen LogP contribution in [0, 0.1) is 12.7 Å². The fraction of sp³-hybridized carbons (Fsp3) is 0.333. The van der Waals surface area contributed by atoms with Crippen LogP contribution in [0.4, 0.5) is 10.1 Å². The van der Waals surface area contributed by atoms with Crippen molar-refractivity contribution in [2.75, 3.05) is 37.3 Å². The Morgan fingerprint density at radius 3 is 2.21 bits per heavy atom. The Hall–Kier alpha value is -2.74. The highest BCUT2D eigenvalue weighted by Crippen LogP contribution is 2.24. The van der Waals surface area contributed by atoms with Gasteiger partial charge in [0.1, 0.15) is 5.82 Å². The quantitative estimate of drug-likeness (QED) is 0.714. The lowest BCUT2D eigenvalue weighted by Gasteiger charge is -2.36. The van der Waals surface area contributed by atoms with Crippen molar-refractivity contribution in [3.8, 4) is 0 Å². The maximum atomic E-state index is 14.4. The summed E-state index contributed by atoms with van der Waals surface area (Å²) in [5.41, 5.74) is 1.78. The van der Waals surface area contributed by atoms with Crippen LogP contribution in [0.25, 0.3) is 0 Å². The Labute approximate surface area is 169 Å². The summed E-state index contributed by atoms with van der Waals surface area (Å²) in [6.07, 6.45) is 1.11. The van der Waals surface area contributed by atoms with Gasteiger partial charge in [0.2, 0.25) is 0 Å². The molecule has 1 fully saturated rings. The van der Waals surface area contributed by atoms with Crippen LogP contribution in [-0.4, -0.2) is 57.4 Å². The average molecular weight is 418 g/mol. The van der Waals surface area contributed by atoms with Crippen molar-refractivity contribution in [3.05, 3.63) is 58.9 Å². The lowest BCUT2D eigenvalue weighted by Crippen LogP contribution is -2.49. The molecule has 0 radical (unpaired) electrons. The molecule has 2 aromatic carbocycles. The van der Waals surface area contributed by atoms with Crippen LogP contribution < -0.4 is 4.90 Å². The topological polar surface area (TPSA) is 74.8 Å². The largest absolute Gasteiger partial charge is 0.366 e. The van der Waals surface area contributed by atoms with Crippen molar-refractivity contribution in [1.82, 2.24) is 4.90 Å². The molecule has 2 aromatic rings. The van der Waals surface area contributed by atoms with Crippen LogP contribution in [0.3, 0.4) is 0 Å². The molecule has 0 unspecified atom stereocenters. The Morgan fingerprint density at radius 1 is 1.00 bits per heavy atom. The Kier molecular flexibility index (Phi) is 5.75. The second kappa shape index (κ2) is 7.94. The number of hydrogen-bond donors (Lipinski definition) is 0. The van der Waals surface area contributed by atoms with Crippen molar-refractivity contribution in [1.29, 1.82) is 0 Å². The predicted molar refractivity (Wildman–Crippen MR) is 109 cm³/mol. The molecule has 29 heavy (non-hydrogen) atoms. The molecule has 0 spiro atoms. The van der Waals surface area contributed by atoms with E-state index in [1.807, 2.05) is 4.90 Å². The van der Waals surface area contributed by atoms with E-state index in [9.17, 15) is 22.4 Å². The van der Waals surface area contributed by atoms with E-state index in [0.29, 0.717) is 48.6 Å². The number of piperazine rings is 1. The molecule has 1 aliphatic rings. The number of aryl methyl sites for hydroxylation is 1. The minimum Gasteiger partial charge on any atom is -0.366 e. The van der Waals surface area contributed by atoms with Crippen molar-refractivity contribution < 1.29 is 22.4 Å². The van der Waals surface area contributed by atoms with Crippen molar-refractivity contribution in [2.45, 2.75) is 18.7 Å². The normalized spacial score (nSPS) is 14.8. The van der Waals surface area contributed by atoms with E-state index in [0.717, 1.165) is 6.26 Å². The van der Waals surface area contributed by atoms with Gasteiger partial charge in [0.25, 0.3) is 5.91 Å². The number of anilines is 1. The number of rotatable bonds is 4. The van der Waals surface area contributed by atoms with E-state index in [2.05, 4.69) is 0 Å². The SMILES string of the molecule is CC(=O)c1ccc(N2CCN(C(=O)c3cc(S(C)(=O)=O)ccc3C)CC2)c(F)c1. The Bertz CT molecular complexity index is 1070. The van der Waals surface area contributed by atoms with Gasteiger partial charge in [0.05, 0.1) is 10.6 Å². The van der Waals surface area contributed by atoms with E-state index in [1.54, 1.807) is 30.0 Å². The number of halogens is 1. The molecule has 0 saturated carbocycles. The Morgan fingerprint density at radius 2 is 1.66 bits per heavy atom. The highest BCUT2D eigenvalue weighted by Gasteiger charge is 2.25. The fourth-order valence-electron chi connectivity index (χ4n) is 3.37. The number of ketones is 1. The number of carbonyl (C=O) groups excluding carboxylic acids is 2. The molecule has 154 valence electrons. The van der Waals surface area contributed by atoms with Crippen molar-refractivity contribution >= 4 is 27.2 Å². The molecule has 1 aliphatic heterocycles. The third kappa shape index (κ3) is 4.48. The maximum absolute atomic E-state index is 14.4. The van der Waals surface area contributed by atoms with Gasteiger partial charge in [0.15, 0.2) is 15.6 Å². The first-order valence-corrected chi connectivity index (χ1v) is 11.1. The molecule has 1 amide bonds. The second-order valence-electron chi connectivity index (χ2n) is 7.25. The van der Waals surface area contributed by atoms with Gasteiger partial charge in [-0.15, -0.1) is 0 Å². The molecule has 6 nitrogen and oxygen atoms in total. The Balaban J connectivity index is 1.74. The van der Waals surface area contributed by atoms with E-state index < -0.39 is 15.7 Å². The van der Waals surface area contributed by atoms with Crippen LogP contribution in [0.1, 0.15) is 33.2 Å². The maximum Gasteiger partial charge on any atom is 0.254 e. The van der Waals surface area contributed by atoms with Gasteiger partial charge in [-0.25, -0.2) is 12.8 Å². The summed E-state index contributed by atoms with van der Waals surface area (Å²) in [5, 5.41) is 0. The molecular formula is C21H23FN2O4S. The summed E-state index contributed by atoms with van der Waals surface area (Å²) in [6, 6.07) is 8.95. The van der Waals surface area contributed by atoms with E-state index in [1.165, 1.54) is 25.1 Å². The number of hydrogen-bond acceptors (Lipinski definition) is 5. The molecular weight excluding hydrogens is 395 g/mol. The summed E-state index contributed by atoms with van der Waals surface area (Å²) in [5.74, 6) is -0.896. The number of amides is 1. The predicted octanol–water partition coefficient (Wildman–Crippen LogP) is 2.70. The van der Waals surface area contributed by atoms with Gasteiger partial charge >= 0.3 is 0 Å². The van der Waals surface area contributed by atoms with Gasteiger partial charge in [-0.05, 0) is 49.7 Å². The smallest absolute Gasteiger partial charge is 0.254 e. The lowest BCUT2D eigenvalue weighted by atomic mass is 10.1. The van der Waals surface area contributed by atoms with Gasteiger partial charge in [0, 0.05) is 43.6 Å². The van der Waals surface area contributed by atoms with Crippen LogP contribution >= 0.6 is 0 Å². The van der Waals surface area contributed by atoms with Gasteiger partial charge in [-0.3, -0.25) is 9.59 Å². The van der Waals surface area contributed by atoms with Gasteiger partial charge in [-0.1, -0.05) is 6.07 Å². The van der Waals surface area contributed by atoms with Gasteiger partial charge < -0.3 is 9.80 Å². The monoisotopic (exact) mass is 418 g/mol. The summed E-state index contributed by atoms with van der Waals surface area (Å²) >= 11 is 0. The van der Waals surface area contributed by atoms with Crippen LogP contribution in [-0.2, 0) is 9.84 Å². The van der Waals surface area contributed by atoms with Crippen molar-refractivity contribution in [2.24, 2.45) is 0 Å². The standard InChI is InChI=1S/C21H23FN2O4S/c1-14-4-6-17(29(3,27)28)13-18(14)21(26)24-10-8-23(9-11-24)20-7-5-16(15(2)25)12-19(20)22/h4-7,12-13H,8-11H2,1-3H3. The molecule has 8 heteroatoms. The van der Waals surface area contributed by atoms with Crippen molar-refractivity contribution in [3.63, 3.8) is 0 Å². The minimum atomic E-state index is -3.41. The number of carbonyl (C=O) groups is 2. The summed E-state index contributed by atoms with van der Waals surface area (Å²) in [4.78, 5) is 27.9. The molecule has 3 rings (SSSR count). The van der Waals surface area contributed by atoms with Crippen LogP contribution in [0.5, 0.6) is 0 Å². The zero-order chi connectivity index (χ0) is 21.3. The van der Waals surface area contributed by atoms with Crippen LogP contribution in [0.2, 0.25) is 0 Å². The summed E-state index contributed by atoms with van der Waals surface area (Å²) < 4.78 is 38.0. The number of benzene rings is 2. The number of nitrogens with zero attached hydrogens (tertiary/aromatic N) is 2. The molecule has 1 heterocycles. The zero-order valence-electron chi connectivity index (χ0n) is 16.6. The fourth-order valence-corrected chi connectivity index (χ4v) is 4.01. The first kappa shape index (κ1) is 21.0. The lowest BCUT2D eigenvalue weighted by molar-refractivity contribution is 0.0745. The number of Topliss-reactive ketones (excluding diaryl/α,β-unsaturated/α-hetero) is 1. The summed E-state index contributed by atoms with van der Waals surface area (Å²) in [7, 11) is -3.41. The van der Waals surface area contributed by atoms with Crippen LogP contribution in [0.15, 0.2) is 41.3 Å². The molecule has 0 bridgehead atoms. The molecule has 1 saturated heterocycles. The highest BCUT2D eigenvalue weighted by atomic mass is 32.2. The molecule has 0 atom stereocenters. The second-order valence-corrected chi connectivity index (χ2v) is 9.27. The van der Waals surface area contributed by atoms with E-state index >= 15 is 0 Å². The summed E-state index contributed by atoms with van der Waals surface area (Å²) in [6.45, 7) is 4.80. The first-order chi connectivity index (χ1) is 13.6. The van der Waals surface area contributed by atoms with E-state index in [-0.39, 0.29) is 16.6 Å². The average Bonchev–Trinajstić information content (AvgIpc) is 2.67. The van der Waals surface area contributed by atoms with Gasteiger partial charge in [-0.2, -0.15) is 0 Å². The molecule has 0 N–H and O–H groups in total. The zero-order valence-corrected chi connectivity index (χ0v) is 17.4. The third-order valence-electron chi connectivity index (χ3n) is 5.13. The highest BCUT2D eigenvalue weighted by molar-refractivity contribution is 7.90. The number of sulfone groups is 1.